The number of thiazole rings is 1. The molecule has 1 aliphatic rings. The molecular formula is C28H24N4O5S. The number of nitrogens with zero attached hydrogens (tertiary/aromatic N) is 4. The molecule has 4 aromatic rings. The van der Waals surface area contributed by atoms with Crippen molar-refractivity contribution in [3.63, 3.8) is 0 Å². The fraction of sp³-hybridized carbons (Fsp3) is 0.179. The van der Waals surface area contributed by atoms with Crippen LogP contribution in [0.5, 0.6) is 0 Å². The molecule has 2 aromatic heterocycles. The molecule has 10 heteroatoms. The maximum Gasteiger partial charge on any atom is 0.280 e. The number of nitro benzene ring substituents is 1. The van der Waals surface area contributed by atoms with Crippen LogP contribution in [0.1, 0.15) is 31.2 Å². The zero-order valence-electron chi connectivity index (χ0n) is 21.2. The summed E-state index contributed by atoms with van der Waals surface area (Å²) in [6.07, 6.45) is 1.60. The van der Waals surface area contributed by atoms with Gasteiger partial charge in [-0.3, -0.25) is 24.3 Å². The summed E-state index contributed by atoms with van der Waals surface area (Å²) in [5.74, 6) is 0.546. The van der Waals surface area contributed by atoms with Gasteiger partial charge in [-0.2, -0.15) is 0 Å². The summed E-state index contributed by atoms with van der Waals surface area (Å²) in [4.78, 5) is 44.4. The van der Waals surface area contributed by atoms with Crippen molar-refractivity contribution >= 4 is 34.6 Å². The van der Waals surface area contributed by atoms with Gasteiger partial charge < -0.3 is 9.32 Å². The Hall–Kier alpha value is -4.57. The highest BCUT2D eigenvalue weighted by Crippen LogP contribution is 2.32. The molecule has 0 spiro atoms. The smallest absolute Gasteiger partial charge is 0.280 e. The second-order valence-corrected chi connectivity index (χ2v) is 10.1. The zero-order valence-corrected chi connectivity index (χ0v) is 22.0. The van der Waals surface area contributed by atoms with Crippen LogP contribution in [0, 0.1) is 10.1 Å². The third kappa shape index (κ3) is 4.39. The lowest BCUT2D eigenvalue weighted by Crippen LogP contribution is -2.39. The number of hydrogen-bond acceptors (Lipinski definition) is 8. The van der Waals surface area contributed by atoms with E-state index in [4.69, 9.17) is 4.42 Å². The lowest BCUT2D eigenvalue weighted by atomic mass is 9.93. The lowest BCUT2D eigenvalue weighted by molar-refractivity contribution is -0.384. The fourth-order valence-corrected chi connectivity index (χ4v) is 5.61. The van der Waals surface area contributed by atoms with E-state index in [-0.39, 0.29) is 17.0 Å². The summed E-state index contributed by atoms with van der Waals surface area (Å²) in [5.41, 5.74) is 2.83. The molecular weight excluding hydrogens is 504 g/mol. The van der Waals surface area contributed by atoms with E-state index in [1.165, 1.54) is 24.3 Å². The van der Waals surface area contributed by atoms with E-state index in [9.17, 15) is 19.7 Å². The number of carbonyl (C=O) groups excluding carboxylic acids is 1. The van der Waals surface area contributed by atoms with Crippen molar-refractivity contribution in [1.82, 2.24) is 4.57 Å². The molecule has 0 saturated heterocycles. The monoisotopic (exact) mass is 528 g/mol. The maximum atomic E-state index is 13.7. The molecule has 0 radical (unpaired) electrons. The van der Waals surface area contributed by atoms with Gasteiger partial charge in [0.15, 0.2) is 10.6 Å². The molecule has 0 saturated carbocycles. The van der Waals surface area contributed by atoms with Crippen LogP contribution >= 0.6 is 11.3 Å². The SMILES string of the molecule is CC(=O)C1=C(C)N=c2s/c(=C/c3ccc(-c4ccccc4[N+](=O)[O-])o3)c(=O)n2[C@H]1c1ccc(N(C)C)cc1. The third-order valence-corrected chi connectivity index (χ3v) is 7.38. The van der Waals surface area contributed by atoms with Crippen LogP contribution in [0.2, 0.25) is 0 Å². The van der Waals surface area contributed by atoms with Crippen molar-refractivity contribution < 1.29 is 14.1 Å². The van der Waals surface area contributed by atoms with Crippen LogP contribution in [-0.4, -0.2) is 29.4 Å². The zero-order chi connectivity index (χ0) is 27.1. The van der Waals surface area contributed by atoms with Crippen molar-refractivity contribution in [2.45, 2.75) is 19.9 Å². The Balaban J connectivity index is 1.63. The molecule has 1 atom stereocenters. The molecule has 192 valence electrons. The molecule has 2 aromatic carbocycles. The third-order valence-electron chi connectivity index (χ3n) is 6.39. The number of hydrogen-bond donors (Lipinski definition) is 0. The number of rotatable bonds is 6. The number of furan rings is 1. The van der Waals surface area contributed by atoms with Gasteiger partial charge in [0.05, 0.1) is 21.1 Å². The number of carbonyl (C=O) groups is 1. The van der Waals surface area contributed by atoms with E-state index in [0.717, 1.165) is 11.3 Å². The number of Topliss-reactive ketones (excluding diaryl/α,β-unsaturated/α-hetero) is 1. The average Bonchev–Trinajstić information content (AvgIpc) is 3.47. The molecule has 3 heterocycles. The average molecular weight is 529 g/mol. The Morgan fingerprint density at radius 3 is 2.50 bits per heavy atom. The molecule has 0 unspecified atom stereocenters. The number of aromatic nitrogens is 1. The van der Waals surface area contributed by atoms with E-state index in [1.54, 1.807) is 47.9 Å². The first-order chi connectivity index (χ1) is 18.2. The van der Waals surface area contributed by atoms with Crippen molar-refractivity contribution in [1.29, 1.82) is 0 Å². The number of nitro groups is 1. The minimum atomic E-state index is -0.610. The number of anilines is 1. The maximum absolute atomic E-state index is 13.7. The summed E-state index contributed by atoms with van der Waals surface area (Å²) >= 11 is 1.20. The lowest BCUT2D eigenvalue weighted by Gasteiger charge is -2.25. The van der Waals surface area contributed by atoms with Crippen molar-refractivity contribution in [3.05, 3.63) is 113 Å². The number of ketones is 1. The fourth-order valence-electron chi connectivity index (χ4n) is 4.59. The largest absolute Gasteiger partial charge is 0.456 e. The van der Waals surface area contributed by atoms with Crippen LogP contribution in [0.3, 0.4) is 0 Å². The number of para-hydroxylation sites is 1. The summed E-state index contributed by atoms with van der Waals surface area (Å²) in [6, 6.07) is 16.7. The second kappa shape index (κ2) is 9.71. The standard InChI is InChI=1S/C28H24N4O5S/c1-16-25(17(2)33)26(18-9-11-19(12-10-18)30(3)4)31-27(34)24(38-28(31)29-16)15-20-13-14-23(37-20)21-7-5-6-8-22(21)32(35)36/h5-15,26H,1-4H3/b24-15+/t26-/m0/s1. The van der Waals surface area contributed by atoms with Gasteiger partial charge in [0.2, 0.25) is 0 Å². The normalized spacial score (nSPS) is 15.3. The van der Waals surface area contributed by atoms with Gasteiger partial charge in [0, 0.05) is 43.2 Å². The van der Waals surface area contributed by atoms with Gasteiger partial charge in [-0.15, -0.1) is 0 Å². The van der Waals surface area contributed by atoms with Gasteiger partial charge >= 0.3 is 0 Å². The topological polar surface area (TPSA) is 111 Å². The van der Waals surface area contributed by atoms with Crippen LogP contribution in [0.4, 0.5) is 11.4 Å². The molecule has 38 heavy (non-hydrogen) atoms. The summed E-state index contributed by atoms with van der Waals surface area (Å²) in [6.45, 7) is 3.26. The first kappa shape index (κ1) is 25.1. The molecule has 0 fully saturated rings. The van der Waals surface area contributed by atoms with Crippen LogP contribution in [0.15, 0.2) is 86.1 Å². The molecule has 0 amide bonds. The molecule has 0 bridgehead atoms. The van der Waals surface area contributed by atoms with Crippen molar-refractivity contribution in [2.24, 2.45) is 4.99 Å². The van der Waals surface area contributed by atoms with E-state index >= 15 is 0 Å². The van der Waals surface area contributed by atoms with Gasteiger partial charge in [-0.05, 0) is 49.7 Å². The molecule has 0 aliphatic carbocycles. The van der Waals surface area contributed by atoms with Gasteiger partial charge in [0.1, 0.15) is 11.5 Å². The van der Waals surface area contributed by atoms with Crippen molar-refractivity contribution in [2.75, 3.05) is 19.0 Å². The highest BCUT2D eigenvalue weighted by molar-refractivity contribution is 7.07. The minimum absolute atomic E-state index is 0.0692. The highest BCUT2D eigenvalue weighted by Gasteiger charge is 2.30. The Kier molecular flexibility index (Phi) is 6.41. The molecule has 1 aliphatic heterocycles. The Bertz CT molecular complexity index is 1790. The van der Waals surface area contributed by atoms with Crippen LogP contribution in [0.25, 0.3) is 17.4 Å². The number of benzene rings is 2. The predicted octanol–water partition coefficient (Wildman–Crippen LogP) is 4.06. The van der Waals surface area contributed by atoms with Crippen LogP contribution < -0.4 is 19.8 Å². The number of fused-ring (bicyclic) bond motifs is 1. The molecule has 0 N–H and O–H groups in total. The molecule has 9 nitrogen and oxygen atoms in total. The van der Waals surface area contributed by atoms with Crippen LogP contribution in [-0.2, 0) is 4.79 Å². The first-order valence-electron chi connectivity index (χ1n) is 11.8. The minimum Gasteiger partial charge on any atom is -0.456 e. The van der Waals surface area contributed by atoms with Gasteiger partial charge in [-0.1, -0.05) is 35.6 Å². The predicted molar refractivity (Wildman–Crippen MR) is 146 cm³/mol. The second-order valence-electron chi connectivity index (χ2n) is 9.10. The Morgan fingerprint density at radius 1 is 1.13 bits per heavy atom. The highest BCUT2D eigenvalue weighted by atomic mass is 32.1. The summed E-state index contributed by atoms with van der Waals surface area (Å²) < 4.78 is 7.80. The Labute approximate surface area is 221 Å². The Morgan fingerprint density at radius 2 is 1.84 bits per heavy atom. The van der Waals surface area contributed by atoms with E-state index in [2.05, 4.69) is 4.99 Å². The van der Waals surface area contributed by atoms with E-state index in [1.807, 2.05) is 43.3 Å². The number of allylic oxidation sites excluding steroid dienone is 2. The van der Waals surface area contributed by atoms with E-state index < -0.39 is 11.0 Å². The first-order valence-corrected chi connectivity index (χ1v) is 12.6. The summed E-state index contributed by atoms with van der Waals surface area (Å²) in [5, 5.41) is 11.4. The van der Waals surface area contributed by atoms with Gasteiger partial charge in [-0.25, -0.2) is 4.99 Å². The molecule has 5 rings (SSSR count). The van der Waals surface area contributed by atoms with Crippen molar-refractivity contribution in [3.8, 4) is 11.3 Å². The van der Waals surface area contributed by atoms with Gasteiger partial charge in [0.25, 0.3) is 11.2 Å². The summed E-state index contributed by atoms with van der Waals surface area (Å²) in [7, 11) is 3.89. The van der Waals surface area contributed by atoms with E-state index in [0.29, 0.717) is 37.7 Å². The quantitative estimate of drug-likeness (QED) is 0.276.